The fourth-order valence-corrected chi connectivity index (χ4v) is 5.04. The molecule has 0 radical (unpaired) electrons. The Morgan fingerprint density at radius 1 is 0.900 bits per heavy atom. The van der Waals surface area contributed by atoms with Crippen LogP contribution < -0.4 is 10.6 Å². The molecule has 4 rings (SSSR count). The number of carboxylic acid groups (broad SMARTS) is 2. The summed E-state index contributed by atoms with van der Waals surface area (Å²) in [6, 6.07) is 15.0. The molecule has 0 aromatic heterocycles. The van der Waals surface area contributed by atoms with Crippen LogP contribution in [0.2, 0.25) is 10.0 Å². The van der Waals surface area contributed by atoms with E-state index >= 15 is 0 Å². The summed E-state index contributed by atoms with van der Waals surface area (Å²) >= 11 is 12.2. The number of anilines is 1. The summed E-state index contributed by atoms with van der Waals surface area (Å²) in [5, 5.41) is 24.5. The van der Waals surface area contributed by atoms with E-state index in [-0.39, 0.29) is 51.6 Å². The van der Waals surface area contributed by atoms with E-state index in [4.69, 9.17) is 28.3 Å². The quantitative estimate of drug-likeness (QED) is 0.219. The summed E-state index contributed by atoms with van der Waals surface area (Å²) in [6.07, 6.45) is 3.29. The van der Waals surface area contributed by atoms with Crippen molar-refractivity contribution in [3.8, 4) is 0 Å². The number of carboxylic acids is 2. The van der Waals surface area contributed by atoms with Crippen LogP contribution in [0, 0.1) is 0 Å². The molecule has 40 heavy (non-hydrogen) atoms. The summed E-state index contributed by atoms with van der Waals surface area (Å²) in [5.41, 5.74) is 3.88. The third kappa shape index (κ3) is 7.74. The van der Waals surface area contributed by atoms with Crippen molar-refractivity contribution in [3.63, 3.8) is 0 Å². The van der Waals surface area contributed by atoms with Gasteiger partial charge in [-0.1, -0.05) is 47.5 Å². The van der Waals surface area contributed by atoms with E-state index < -0.39 is 29.8 Å². The van der Waals surface area contributed by atoms with Gasteiger partial charge in [-0.2, -0.15) is 0 Å². The van der Waals surface area contributed by atoms with Gasteiger partial charge in [0.05, 0.1) is 15.6 Å². The first kappa shape index (κ1) is 31.4. The number of rotatable bonds is 8. The average molecular weight is 591 g/mol. The molecule has 0 saturated heterocycles. The molecule has 1 atom stereocenters. The van der Waals surface area contributed by atoms with Gasteiger partial charge in [-0.15, -0.1) is 0 Å². The number of carbonyl (C=O) groups is 4. The van der Waals surface area contributed by atoms with Crippen LogP contribution in [0.4, 0.5) is 5.69 Å². The van der Waals surface area contributed by atoms with Crippen LogP contribution in [-0.4, -0.2) is 69.6 Å². The average Bonchev–Trinajstić information content (AvgIpc) is 2.88. The summed E-state index contributed by atoms with van der Waals surface area (Å²) in [6.45, 7) is 0. The van der Waals surface area contributed by atoms with E-state index in [1.807, 2.05) is 0 Å². The van der Waals surface area contributed by atoms with Crippen LogP contribution in [-0.2, 0) is 22.4 Å². The second kappa shape index (κ2) is 14.0. The van der Waals surface area contributed by atoms with Crippen molar-refractivity contribution in [2.24, 2.45) is 0 Å². The number of nitrogens with one attached hydrogen (secondary N) is 2. The zero-order valence-electron chi connectivity index (χ0n) is 20.5. The Labute approximate surface area is 262 Å². The number of hydrogen-bond acceptors (Lipinski definition) is 4. The molecule has 2 amide bonds. The van der Waals surface area contributed by atoms with Gasteiger partial charge in [0.2, 0.25) is 0 Å². The van der Waals surface area contributed by atoms with Crippen molar-refractivity contribution < 1.29 is 29.4 Å². The number of fused-ring (bicyclic) bond motifs is 1. The molecule has 3 aromatic carbocycles. The van der Waals surface area contributed by atoms with Crippen molar-refractivity contribution >= 4 is 87.8 Å². The maximum atomic E-state index is 12.9. The van der Waals surface area contributed by atoms with Gasteiger partial charge in [0.25, 0.3) is 11.8 Å². The summed E-state index contributed by atoms with van der Waals surface area (Å²) in [5.74, 6) is -3.24. The Balaban J connectivity index is 0.00000441. The van der Waals surface area contributed by atoms with Crippen LogP contribution in [0.15, 0.2) is 66.7 Å². The topological polar surface area (TPSA) is 133 Å². The summed E-state index contributed by atoms with van der Waals surface area (Å²) in [4.78, 5) is 48.5. The molecule has 0 bridgehead atoms. The summed E-state index contributed by atoms with van der Waals surface area (Å²) < 4.78 is 0. The SMILES string of the molecule is O=C(O)C=C1CCCc2cc(C(=O)N[C@@H](Cc3ccc(NC(=O)c4c(Cl)cccc4Cl)cc3)C(=O)O)ccc21.[NaH]. The molecule has 202 valence electrons. The Kier molecular flexibility index (Phi) is 11.0. The first-order valence-electron chi connectivity index (χ1n) is 12.1. The van der Waals surface area contributed by atoms with Gasteiger partial charge in [0.1, 0.15) is 6.04 Å². The fourth-order valence-electron chi connectivity index (χ4n) is 4.47. The number of amides is 2. The predicted octanol–water partition coefficient (Wildman–Crippen LogP) is 4.83. The second-order valence-corrected chi connectivity index (χ2v) is 9.86. The number of halogens is 2. The van der Waals surface area contributed by atoms with E-state index in [1.54, 1.807) is 60.7 Å². The van der Waals surface area contributed by atoms with Gasteiger partial charge in [0.15, 0.2) is 0 Å². The first-order chi connectivity index (χ1) is 18.6. The van der Waals surface area contributed by atoms with Crippen molar-refractivity contribution in [1.29, 1.82) is 0 Å². The third-order valence-electron chi connectivity index (χ3n) is 6.35. The molecule has 4 N–H and O–H groups in total. The minimum absolute atomic E-state index is 0. The number of aliphatic carboxylic acids is 2. The molecule has 3 aromatic rings. The van der Waals surface area contributed by atoms with Crippen molar-refractivity contribution in [2.45, 2.75) is 31.7 Å². The molecule has 0 heterocycles. The standard InChI is InChI=1S/C29H24Cl2N2O6.Na.H/c30-22-5-2-6-23(31)26(22)28(37)32-20-10-7-16(8-11-20)13-24(29(38)39)33-27(36)19-9-12-21-17(14-19)3-1-4-18(21)15-25(34)35;;/h2,5-12,14-15,24H,1,3-4,13H2,(H,32,37)(H,33,36)(H,34,35)(H,38,39);;/t24-;;/m0../s1. The Morgan fingerprint density at radius 2 is 1.57 bits per heavy atom. The monoisotopic (exact) mass is 590 g/mol. The predicted molar refractivity (Wildman–Crippen MR) is 156 cm³/mol. The second-order valence-electron chi connectivity index (χ2n) is 9.05. The molecule has 1 aliphatic carbocycles. The van der Waals surface area contributed by atoms with E-state index in [0.29, 0.717) is 35.2 Å². The number of carbonyl (C=O) groups excluding carboxylic acids is 2. The van der Waals surface area contributed by atoms with Crippen LogP contribution in [0.25, 0.3) is 5.57 Å². The van der Waals surface area contributed by atoms with Crippen LogP contribution in [0.3, 0.4) is 0 Å². The zero-order valence-corrected chi connectivity index (χ0v) is 22.1. The van der Waals surface area contributed by atoms with Crippen LogP contribution >= 0.6 is 23.2 Å². The number of hydrogen-bond donors (Lipinski definition) is 4. The van der Waals surface area contributed by atoms with Gasteiger partial charge >= 0.3 is 41.5 Å². The molecule has 8 nitrogen and oxygen atoms in total. The van der Waals surface area contributed by atoms with E-state index in [2.05, 4.69) is 10.6 Å². The first-order valence-corrected chi connectivity index (χ1v) is 12.8. The van der Waals surface area contributed by atoms with E-state index in [9.17, 15) is 24.3 Å². The van der Waals surface area contributed by atoms with E-state index in [1.165, 1.54) is 6.08 Å². The van der Waals surface area contributed by atoms with Crippen molar-refractivity contribution in [1.82, 2.24) is 5.32 Å². The van der Waals surface area contributed by atoms with Crippen LogP contribution in [0.1, 0.15) is 50.2 Å². The Morgan fingerprint density at radius 3 is 2.20 bits per heavy atom. The number of aryl methyl sites for hydroxylation is 1. The summed E-state index contributed by atoms with van der Waals surface area (Å²) in [7, 11) is 0. The van der Waals surface area contributed by atoms with Gasteiger partial charge in [-0.25, -0.2) is 9.59 Å². The minimum atomic E-state index is -1.20. The normalized spacial score (nSPS) is 13.9. The molecule has 0 fully saturated rings. The molecule has 0 spiro atoms. The molecular weight excluding hydrogens is 566 g/mol. The van der Waals surface area contributed by atoms with Crippen LogP contribution in [0.5, 0.6) is 0 Å². The molecule has 0 unspecified atom stereocenters. The fraction of sp³-hybridized carbons (Fsp3) is 0.172. The molecule has 1 aliphatic rings. The maximum absolute atomic E-state index is 12.9. The number of benzene rings is 3. The molecule has 11 heteroatoms. The van der Waals surface area contributed by atoms with Crippen molar-refractivity contribution in [2.75, 3.05) is 5.32 Å². The zero-order chi connectivity index (χ0) is 28.1. The van der Waals surface area contributed by atoms with Gasteiger partial charge < -0.3 is 20.8 Å². The number of allylic oxidation sites excluding steroid dienone is 1. The Bertz CT molecular complexity index is 1470. The Hall–Kier alpha value is -3.14. The molecule has 0 aliphatic heterocycles. The van der Waals surface area contributed by atoms with E-state index in [0.717, 1.165) is 17.5 Å². The third-order valence-corrected chi connectivity index (χ3v) is 6.98. The van der Waals surface area contributed by atoms with Crippen molar-refractivity contribution in [3.05, 3.63) is 105 Å². The van der Waals surface area contributed by atoms with Gasteiger partial charge in [0, 0.05) is 23.7 Å². The molecular formula is C29H25Cl2N2NaO6. The van der Waals surface area contributed by atoms with Gasteiger partial charge in [-0.3, -0.25) is 9.59 Å². The van der Waals surface area contributed by atoms with Gasteiger partial charge in [-0.05, 0) is 77.9 Å². The molecule has 0 saturated carbocycles.